The molecule has 2 aromatic rings. The van der Waals surface area contributed by atoms with Crippen LogP contribution in [0.4, 0.5) is 17.3 Å². The summed E-state index contributed by atoms with van der Waals surface area (Å²) in [6, 6.07) is 3.88. The van der Waals surface area contributed by atoms with E-state index in [0.29, 0.717) is 5.82 Å². The summed E-state index contributed by atoms with van der Waals surface area (Å²) < 4.78 is 0.949. The molecule has 1 aromatic heterocycles. The summed E-state index contributed by atoms with van der Waals surface area (Å²) in [6.45, 7) is 8.70. The van der Waals surface area contributed by atoms with Gasteiger partial charge in [-0.25, -0.2) is 9.97 Å². The highest BCUT2D eigenvalue weighted by Crippen LogP contribution is 2.32. The summed E-state index contributed by atoms with van der Waals surface area (Å²) in [6.07, 6.45) is 0. The van der Waals surface area contributed by atoms with E-state index >= 15 is 0 Å². The molecule has 1 heterocycles. The minimum atomic E-state index is 0.716. The second-order valence-corrected chi connectivity index (χ2v) is 6.09. The molecular weight excluding hydrogens is 352 g/mol. The highest BCUT2D eigenvalue weighted by atomic mass is 79.9. The van der Waals surface area contributed by atoms with Crippen molar-refractivity contribution in [3.63, 3.8) is 0 Å². The lowest BCUT2D eigenvalue weighted by molar-refractivity contribution is 1.02. The first-order valence-electron chi connectivity index (χ1n) is 6.74. The van der Waals surface area contributed by atoms with Crippen molar-refractivity contribution in [1.29, 1.82) is 0 Å². The molecule has 0 radical (unpaired) electrons. The van der Waals surface area contributed by atoms with Crippen LogP contribution in [0.5, 0.6) is 0 Å². The molecule has 4 nitrogen and oxygen atoms in total. The quantitative estimate of drug-likeness (QED) is 0.797. The molecule has 0 fully saturated rings. The van der Waals surface area contributed by atoms with Gasteiger partial charge in [-0.1, -0.05) is 11.6 Å². The van der Waals surface area contributed by atoms with Gasteiger partial charge < -0.3 is 10.6 Å². The Morgan fingerprint density at radius 3 is 2.48 bits per heavy atom. The summed E-state index contributed by atoms with van der Waals surface area (Å²) in [7, 11) is 0. The van der Waals surface area contributed by atoms with Gasteiger partial charge >= 0.3 is 0 Å². The monoisotopic (exact) mass is 368 g/mol. The van der Waals surface area contributed by atoms with Gasteiger partial charge in [0, 0.05) is 21.6 Å². The van der Waals surface area contributed by atoms with Gasteiger partial charge in [-0.2, -0.15) is 0 Å². The largest absolute Gasteiger partial charge is 0.370 e. The van der Waals surface area contributed by atoms with Crippen LogP contribution in [0.2, 0.25) is 5.02 Å². The Bertz CT molecular complexity index is 673. The number of nitrogens with one attached hydrogen (secondary N) is 2. The summed E-state index contributed by atoms with van der Waals surface area (Å²) in [4.78, 5) is 8.90. The van der Waals surface area contributed by atoms with Crippen LogP contribution >= 0.6 is 27.5 Å². The van der Waals surface area contributed by atoms with Crippen LogP contribution in [0.1, 0.15) is 23.9 Å². The molecule has 2 rings (SSSR count). The first kappa shape index (κ1) is 16.0. The predicted octanol–water partition coefficient (Wildman–Crippen LogP) is 4.99. The fourth-order valence-corrected chi connectivity index (χ4v) is 2.68. The van der Waals surface area contributed by atoms with Crippen molar-refractivity contribution in [3.8, 4) is 0 Å². The average Bonchev–Trinajstić information content (AvgIpc) is 2.41. The second kappa shape index (κ2) is 6.62. The van der Waals surface area contributed by atoms with Crippen LogP contribution in [0.25, 0.3) is 0 Å². The lowest BCUT2D eigenvalue weighted by Crippen LogP contribution is -2.08. The van der Waals surface area contributed by atoms with Crippen LogP contribution in [0.15, 0.2) is 16.6 Å². The number of hydrogen-bond donors (Lipinski definition) is 2. The smallest absolute Gasteiger partial charge is 0.139 e. The number of halogens is 2. The molecule has 0 saturated carbocycles. The van der Waals surface area contributed by atoms with Crippen molar-refractivity contribution < 1.29 is 0 Å². The zero-order valence-corrected chi connectivity index (χ0v) is 14.9. The number of rotatable bonds is 4. The van der Waals surface area contributed by atoms with Crippen LogP contribution in [0, 0.1) is 20.8 Å². The van der Waals surface area contributed by atoms with Gasteiger partial charge in [0.15, 0.2) is 0 Å². The van der Waals surface area contributed by atoms with Crippen LogP contribution in [-0.4, -0.2) is 16.5 Å². The highest BCUT2D eigenvalue weighted by molar-refractivity contribution is 9.10. The third kappa shape index (κ3) is 3.66. The Hall–Kier alpha value is -1.33. The van der Waals surface area contributed by atoms with Gasteiger partial charge in [-0.15, -0.1) is 0 Å². The van der Waals surface area contributed by atoms with E-state index in [1.165, 1.54) is 0 Å². The summed E-state index contributed by atoms with van der Waals surface area (Å²) >= 11 is 9.75. The number of aryl methyl sites for hydroxylation is 2. The predicted molar refractivity (Wildman–Crippen MR) is 92.8 cm³/mol. The van der Waals surface area contributed by atoms with Gasteiger partial charge in [-0.3, -0.25) is 0 Å². The summed E-state index contributed by atoms with van der Waals surface area (Å²) in [5.74, 6) is 2.34. The molecule has 0 amide bonds. The van der Waals surface area contributed by atoms with E-state index in [0.717, 1.165) is 44.5 Å². The first-order valence-corrected chi connectivity index (χ1v) is 7.91. The SMILES string of the molecule is CCNc1nc(C)nc(Nc2cc(Cl)c(C)cc2Br)c1C. The Kier molecular flexibility index (Phi) is 5.06. The molecule has 0 saturated heterocycles. The van der Waals surface area contributed by atoms with E-state index in [2.05, 4.69) is 36.5 Å². The van der Waals surface area contributed by atoms with Crippen molar-refractivity contribution in [2.75, 3.05) is 17.2 Å². The van der Waals surface area contributed by atoms with Crippen molar-refractivity contribution >= 4 is 44.9 Å². The van der Waals surface area contributed by atoms with E-state index in [9.17, 15) is 0 Å². The average molecular weight is 370 g/mol. The number of anilines is 3. The summed E-state index contributed by atoms with van der Waals surface area (Å²) in [5.41, 5.74) is 2.89. The normalized spacial score (nSPS) is 10.6. The minimum absolute atomic E-state index is 0.716. The lowest BCUT2D eigenvalue weighted by Gasteiger charge is -2.15. The topological polar surface area (TPSA) is 49.8 Å². The van der Waals surface area contributed by atoms with Crippen molar-refractivity contribution in [2.24, 2.45) is 0 Å². The second-order valence-electron chi connectivity index (χ2n) is 4.83. The molecular formula is C15H18BrClN4. The van der Waals surface area contributed by atoms with E-state index in [1.807, 2.05) is 39.8 Å². The first-order chi connectivity index (χ1) is 9.92. The molecule has 1 aromatic carbocycles. The fraction of sp³-hybridized carbons (Fsp3) is 0.333. The third-order valence-corrected chi connectivity index (χ3v) is 4.17. The zero-order valence-electron chi connectivity index (χ0n) is 12.5. The van der Waals surface area contributed by atoms with E-state index in [4.69, 9.17) is 11.6 Å². The van der Waals surface area contributed by atoms with E-state index in [1.54, 1.807) is 0 Å². The molecule has 0 aliphatic rings. The molecule has 112 valence electrons. The number of benzene rings is 1. The molecule has 21 heavy (non-hydrogen) atoms. The van der Waals surface area contributed by atoms with Crippen LogP contribution in [0.3, 0.4) is 0 Å². The molecule has 6 heteroatoms. The Morgan fingerprint density at radius 1 is 1.14 bits per heavy atom. The zero-order chi connectivity index (χ0) is 15.6. The van der Waals surface area contributed by atoms with Gasteiger partial charge in [0.1, 0.15) is 17.5 Å². The maximum atomic E-state index is 6.20. The standard InChI is InChI=1S/C15H18BrClN4/c1-5-18-14-9(3)15(20-10(4)19-14)21-13-7-12(17)8(2)6-11(13)16/h6-7H,5H2,1-4H3,(H2,18,19,20,21). The Labute approximate surface area is 138 Å². The van der Waals surface area contributed by atoms with E-state index in [-0.39, 0.29) is 0 Å². The Morgan fingerprint density at radius 2 is 1.81 bits per heavy atom. The minimum Gasteiger partial charge on any atom is -0.370 e. The number of hydrogen-bond acceptors (Lipinski definition) is 4. The number of aromatic nitrogens is 2. The Balaban J connectivity index is 2.42. The summed E-state index contributed by atoms with van der Waals surface area (Å²) in [5, 5.41) is 7.29. The van der Waals surface area contributed by atoms with Gasteiger partial charge in [-0.05, 0) is 61.3 Å². The van der Waals surface area contributed by atoms with Crippen molar-refractivity contribution in [2.45, 2.75) is 27.7 Å². The van der Waals surface area contributed by atoms with E-state index < -0.39 is 0 Å². The van der Waals surface area contributed by atoms with Crippen molar-refractivity contribution in [1.82, 2.24) is 9.97 Å². The number of nitrogens with zero attached hydrogens (tertiary/aromatic N) is 2. The van der Waals surface area contributed by atoms with Gasteiger partial charge in [0.2, 0.25) is 0 Å². The van der Waals surface area contributed by atoms with Crippen molar-refractivity contribution in [3.05, 3.63) is 38.6 Å². The lowest BCUT2D eigenvalue weighted by atomic mass is 10.2. The van der Waals surface area contributed by atoms with Gasteiger partial charge in [0.25, 0.3) is 0 Å². The molecule has 0 spiro atoms. The maximum Gasteiger partial charge on any atom is 0.139 e. The third-order valence-electron chi connectivity index (χ3n) is 3.10. The molecule has 0 unspecified atom stereocenters. The maximum absolute atomic E-state index is 6.20. The molecule has 0 aliphatic heterocycles. The molecule has 0 bridgehead atoms. The van der Waals surface area contributed by atoms with Gasteiger partial charge in [0.05, 0.1) is 5.69 Å². The molecule has 0 atom stereocenters. The van der Waals surface area contributed by atoms with Crippen LogP contribution < -0.4 is 10.6 Å². The highest BCUT2D eigenvalue weighted by Gasteiger charge is 2.11. The molecule has 2 N–H and O–H groups in total. The molecule has 0 aliphatic carbocycles. The fourth-order valence-electron chi connectivity index (χ4n) is 1.96. The van der Waals surface area contributed by atoms with Crippen LogP contribution in [-0.2, 0) is 0 Å².